The Kier molecular flexibility index (Phi) is 2.09. The molecule has 22 heavy (non-hydrogen) atoms. The Morgan fingerprint density at radius 2 is 2.00 bits per heavy atom. The molecule has 0 aliphatic heterocycles. The fraction of sp³-hybridized carbons (Fsp3) is 0.263. The summed E-state index contributed by atoms with van der Waals surface area (Å²) in [4.78, 5) is 0. The largest absolute Gasteiger partial charge is 0.508 e. The lowest BCUT2D eigenvalue weighted by molar-refractivity contribution is -0.0217. The van der Waals surface area contributed by atoms with Crippen LogP contribution in [0.1, 0.15) is 34.7 Å². The van der Waals surface area contributed by atoms with E-state index in [1.54, 1.807) is 6.07 Å². The van der Waals surface area contributed by atoms with Gasteiger partial charge in [-0.05, 0) is 47.7 Å². The van der Waals surface area contributed by atoms with Crippen LogP contribution in [0.15, 0.2) is 42.5 Å². The number of phenolic OH excluding ortho intramolecular Hbond substituents is 1. The van der Waals surface area contributed by atoms with Crippen molar-refractivity contribution in [3.05, 3.63) is 64.8 Å². The molecule has 0 amide bonds. The van der Waals surface area contributed by atoms with Crippen molar-refractivity contribution in [2.75, 3.05) is 0 Å². The Bertz CT molecular complexity index is 940. The summed E-state index contributed by atoms with van der Waals surface area (Å²) >= 11 is 0. The van der Waals surface area contributed by atoms with Crippen LogP contribution in [0.5, 0.6) is 5.75 Å². The third-order valence-electron chi connectivity index (χ3n) is 5.59. The summed E-state index contributed by atoms with van der Waals surface area (Å²) in [5.41, 5.74) is 5.15. The molecular weight excluding hydrogens is 274 g/mol. The van der Waals surface area contributed by atoms with Gasteiger partial charge in [-0.15, -0.1) is 0 Å². The van der Waals surface area contributed by atoms with Crippen molar-refractivity contribution in [1.29, 1.82) is 0 Å². The van der Waals surface area contributed by atoms with Gasteiger partial charge < -0.3 is 14.8 Å². The average molecular weight is 291 g/mol. The molecule has 2 aliphatic rings. The van der Waals surface area contributed by atoms with Gasteiger partial charge in [0.2, 0.25) is 0 Å². The van der Waals surface area contributed by atoms with Crippen molar-refractivity contribution < 1.29 is 10.2 Å². The number of aliphatic hydroxyl groups is 1. The maximum absolute atomic E-state index is 11.2. The summed E-state index contributed by atoms with van der Waals surface area (Å²) in [5.74, 6) is 0.306. The lowest BCUT2D eigenvalue weighted by Gasteiger charge is -2.50. The summed E-state index contributed by atoms with van der Waals surface area (Å²) in [7, 11) is 2.08. The van der Waals surface area contributed by atoms with Gasteiger partial charge in [0.15, 0.2) is 0 Å². The SMILES string of the molecule is Cn1c2c(c3cc(O)ccc31)C1c3ccccc3C1(O)CC2. The van der Waals surface area contributed by atoms with Gasteiger partial charge in [-0.2, -0.15) is 0 Å². The molecule has 2 aromatic carbocycles. The zero-order valence-corrected chi connectivity index (χ0v) is 12.4. The summed E-state index contributed by atoms with van der Waals surface area (Å²) in [6.45, 7) is 0. The minimum Gasteiger partial charge on any atom is -0.508 e. The van der Waals surface area contributed by atoms with Crippen LogP contribution in [0.2, 0.25) is 0 Å². The molecule has 110 valence electrons. The highest BCUT2D eigenvalue weighted by Crippen LogP contribution is 2.60. The zero-order valence-electron chi connectivity index (χ0n) is 12.4. The van der Waals surface area contributed by atoms with Crippen molar-refractivity contribution in [3.8, 4) is 5.75 Å². The summed E-state index contributed by atoms with van der Waals surface area (Å²) in [6.07, 6.45) is 1.63. The normalized spacial score (nSPS) is 25.3. The van der Waals surface area contributed by atoms with Gasteiger partial charge >= 0.3 is 0 Å². The van der Waals surface area contributed by atoms with E-state index in [9.17, 15) is 10.2 Å². The smallest absolute Gasteiger partial charge is 0.116 e. The topological polar surface area (TPSA) is 45.4 Å². The molecular formula is C19H17NO2. The van der Waals surface area contributed by atoms with E-state index < -0.39 is 5.60 Å². The highest BCUT2D eigenvalue weighted by atomic mass is 16.3. The van der Waals surface area contributed by atoms with Crippen LogP contribution < -0.4 is 0 Å². The molecule has 3 aromatic rings. The molecule has 5 rings (SSSR count). The number of hydrogen-bond acceptors (Lipinski definition) is 2. The van der Waals surface area contributed by atoms with Crippen molar-refractivity contribution in [2.24, 2.45) is 7.05 Å². The second kappa shape index (κ2) is 3.73. The predicted octanol–water partition coefficient (Wildman–Crippen LogP) is 3.16. The first-order chi connectivity index (χ1) is 10.6. The molecule has 1 heterocycles. The lowest BCUT2D eigenvalue weighted by atomic mass is 9.57. The molecule has 0 saturated carbocycles. The standard InChI is InChI=1S/C19H17NO2/c1-20-15-7-6-11(21)10-13(15)17-16(20)8-9-19(22)14-5-3-2-4-12(14)18(17)19/h2-7,10,18,21-22H,8-9H2,1H3. The number of hydrogen-bond donors (Lipinski definition) is 2. The van der Waals surface area contributed by atoms with E-state index in [1.165, 1.54) is 16.8 Å². The minimum absolute atomic E-state index is 0.0259. The van der Waals surface area contributed by atoms with Gasteiger partial charge in [0.1, 0.15) is 11.4 Å². The molecule has 2 atom stereocenters. The minimum atomic E-state index is -0.747. The molecule has 1 aromatic heterocycles. The first-order valence-electron chi connectivity index (χ1n) is 7.73. The van der Waals surface area contributed by atoms with Crippen LogP contribution in [0.4, 0.5) is 0 Å². The summed E-state index contributed by atoms with van der Waals surface area (Å²) < 4.78 is 2.21. The van der Waals surface area contributed by atoms with Crippen LogP contribution in [-0.4, -0.2) is 14.8 Å². The average Bonchev–Trinajstić information content (AvgIpc) is 2.78. The number of aryl methyl sites for hydroxylation is 1. The van der Waals surface area contributed by atoms with Gasteiger partial charge in [-0.1, -0.05) is 24.3 Å². The fourth-order valence-corrected chi connectivity index (χ4v) is 4.60. The van der Waals surface area contributed by atoms with E-state index in [2.05, 4.69) is 17.7 Å². The third-order valence-corrected chi connectivity index (χ3v) is 5.59. The molecule has 3 heteroatoms. The number of rotatable bonds is 0. The molecule has 0 radical (unpaired) electrons. The van der Waals surface area contributed by atoms with E-state index in [-0.39, 0.29) is 11.7 Å². The van der Waals surface area contributed by atoms with Gasteiger partial charge in [-0.3, -0.25) is 0 Å². The van der Waals surface area contributed by atoms with Gasteiger partial charge in [0.25, 0.3) is 0 Å². The van der Waals surface area contributed by atoms with Gasteiger partial charge in [0, 0.05) is 29.6 Å². The Morgan fingerprint density at radius 1 is 1.18 bits per heavy atom. The van der Waals surface area contributed by atoms with Crippen LogP contribution in [-0.2, 0) is 19.1 Å². The van der Waals surface area contributed by atoms with Crippen LogP contribution in [0.3, 0.4) is 0 Å². The quantitative estimate of drug-likeness (QED) is 0.668. The third kappa shape index (κ3) is 1.22. The number of aromatic nitrogens is 1. The molecule has 0 spiro atoms. The molecule has 0 saturated heterocycles. The molecule has 3 nitrogen and oxygen atoms in total. The maximum atomic E-state index is 11.2. The number of fused-ring (bicyclic) bond motifs is 8. The Balaban J connectivity index is 1.87. The Labute approximate surface area is 128 Å². The second-order valence-electron chi connectivity index (χ2n) is 6.57. The van der Waals surface area contributed by atoms with Crippen molar-refractivity contribution >= 4 is 10.9 Å². The van der Waals surface area contributed by atoms with Crippen LogP contribution in [0, 0.1) is 0 Å². The second-order valence-corrected chi connectivity index (χ2v) is 6.57. The van der Waals surface area contributed by atoms with Crippen molar-refractivity contribution in [3.63, 3.8) is 0 Å². The van der Waals surface area contributed by atoms with E-state index in [1.807, 2.05) is 30.3 Å². The summed E-state index contributed by atoms with van der Waals surface area (Å²) in [6, 6.07) is 13.7. The summed E-state index contributed by atoms with van der Waals surface area (Å²) in [5, 5.41) is 22.2. The first-order valence-corrected chi connectivity index (χ1v) is 7.73. The van der Waals surface area contributed by atoms with E-state index >= 15 is 0 Å². The highest BCUT2D eigenvalue weighted by molar-refractivity contribution is 5.89. The van der Waals surface area contributed by atoms with Crippen LogP contribution >= 0.6 is 0 Å². The molecule has 2 N–H and O–H groups in total. The van der Waals surface area contributed by atoms with E-state index in [0.717, 1.165) is 29.3 Å². The van der Waals surface area contributed by atoms with Gasteiger partial charge in [-0.25, -0.2) is 0 Å². The van der Waals surface area contributed by atoms with E-state index in [0.29, 0.717) is 0 Å². The monoisotopic (exact) mass is 291 g/mol. The number of aromatic hydroxyl groups is 1. The number of phenols is 1. The van der Waals surface area contributed by atoms with Crippen molar-refractivity contribution in [2.45, 2.75) is 24.4 Å². The van der Waals surface area contributed by atoms with Crippen LogP contribution in [0.25, 0.3) is 10.9 Å². The molecule has 2 unspecified atom stereocenters. The number of benzene rings is 2. The molecule has 0 fully saturated rings. The fourth-order valence-electron chi connectivity index (χ4n) is 4.60. The Hall–Kier alpha value is -2.26. The molecule has 0 bridgehead atoms. The lowest BCUT2D eigenvalue weighted by Crippen LogP contribution is -2.47. The number of nitrogens with zero attached hydrogens (tertiary/aromatic N) is 1. The van der Waals surface area contributed by atoms with E-state index in [4.69, 9.17) is 0 Å². The maximum Gasteiger partial charge on any atom is 0.116 e. The first kappa shape index (κ1) is 12.3. The zero-order chi connectivity index (χ0) is 15.1. The highest BCUT2D eigenvalue weighted by Gasteiger charge is 2.54. The molecule has 2 aliphatic carbocycles. The predicted molar refractivity (Wildman–Crippen MR) is 85.1 cm³/mol. The Morgan fingerprint density at radius 3 is 2.86 bits per heavy atom. The van der Waals surface area contributed by atoms with Crippen molar-refractivity contribution in [1.82, 2.24) is 4.57 Å². The van der Waals surface area contributed by atoms with Gasteiger partial charge in [0.05, 0.1) is 0 Å².